The van der Waals surface area contributed by atoms with Gasteiger partial charge < -0.3 is 4.74 Å². The lowest BCUT2D eigenvalue weighted by molar-refractivity contribution is 0.00690. The van der Waals surface area contributed by atoms with E-state index in [1.54, 1.807) is 20.8 Å². The molecule has 7 heteroatoms. The Hall–Kier alpha value is -1.14. The highest BCUT2D eigenvalue weighted by atomic mass is 35.5. The van der Waals surface area contributed by atoms with Crippen molar-refractivity contribution in [1.82, 2.24) is 4.98 Å². The predicted octanol–water partition coefficient (Wildman–Crippen LogP) is 2.63. The van der Waals surface area contributed by atoms with Crippen LogP contribution in [-0.2, 0) is 14.6 Å². The van der Waals surface area contributed by atoms with Crippen LogP contribution in [0, 0.1) is 0 Å². The summed E-state index contributed by atoms with van der Waals surface area (Å²) in [5.74, 6) is -0.617. The number of nitrogens with zero attached hydrogens (tertiary/aromatic N) is 1. The summed E-state index contributed by atoms with van der Waals surface area (Å²) in [6, 6.07) is 2.54. The van der Waals surface area contributed by atoms with Crippen LogP contribution in [0.2, 0.25) is 5.15 Å². The lowest BCUT2D eigenvalue weighted by Gasteiger charge is -2.19. The molecule has 0 N–H and O–H groups in total. The van der Waals surface area contributed by atoms with Crippen molar-refractivity contribution in [3.05, 3.63) is 22.8 Å². The van der Waals surface area contributed by atoms with Gasteiger partial charge in [0, 0.05) is 0 Å². The number of rotatable bonds is 3. The van der Waals surface area contributed by atoms with Crippen molar-refractivity contribution < 1.29 is 17.9 Å². The fourth-order valence-electron chi connectivity index (χ4n) is 1.62. The number of pyridine rings is 1. The van der Waals surface area contributed by atoms with Crippen LogP contribution < -0.4 is 0 Å². The Bertz CT molecular complexity index is 645. The van der Waals surface area contributed by atoms with E-state index < -0.39 is 26.7 Å². The summed E-state index contributed by atoms with van der Waals surface area (Å²) in [6.07, 6.45) is 1.25. The first-order valence-electron chi connectivity index (χ1n) is 6.24. The van der Waals surface area contributed by atoms with E-state index in [2.05, 4.69) is 4.98 Å². The number of sulfone groups is 1. The molecule has 1 aliphatic carbocycles. The van der Waals surface area contributed by atoms with E-state index in [0.29, 0.717) is 12.8 Å². The standard InChI is InChI=1S/C13H16ClNO4S/c1-13(2,3)19-12(16)8-6-10(14)15-11(7-8)20(17,18)9-4-5-9/h6-7,9H,4-5H2,1-3H3. The third kappa shape index (κ3) is 3.49. The molecule has 2 rings (SSSR count). The second kappa shape index (κ2) is 5.00. The molecule has 1 saturated carbocycles. The molecule has 0 bridgehead atoms. The first-order chi connectivity index (χ1) is 9.09. The molecular formula is C13H16ClNO4S. The first kappa shape index (κ1) is 15.3. The SMILES string of the molecule is CC(C)(C)OC(=O)c1cc(Cl)nc(S(=O)(=O)C2CC2)c1. The minimum atomic E-state index is -3.49. The molecule has 0 atom stereocenters. The Labute approximate surface area is 123 Å². The van der Waals surface area contributed by atoms with Gasteiger partial charge in [-0.05, 0) is 45.7 Å². The lowest BCUT2D eigenvalue weighted by Crippen LogP contribution is -2.24. The van der Waals surface area contributed by atoms with E-state index in [9.17, 15) is 13.2 Å². The van der Waals surface area contributed by atoms with E-state index in [-0.39, 0.29) is 15.7 Å². The molecule has 20 heavy (non-hydrogen) atoms. The van der Waals surface area contributed by atoms with Crippen molar-refractivity contribution in [3.8, 4) is 0 Å². The van der Waals surface area contributed by atoms with Crippen molar-refractivity contribution in [2.45, 2.75) is 49.5 Å². The van der Waals surface area contributed by atoms with Crippen LogP contribution in [-0.4, -0.2) is 30.2 Å². The summed E-state index contributed by atoms with van der Waals surface area (Å²) in [7, 11) is -3.49. The van der Waals surface area contributed by atoms with Crippen LogP contribution in [0.3, 0.4) is 0 Å². The van der Waals surface area contributed by atoms with Crippen LogP contribution in [0.5, 0.6) is 0 Å². The van der Waals surface area contributed by atoms with Crippen molar-refractivity contribution in [2.24, 2.45) is 0 Å². The van der Waals surface area contributed by atoms with Gasteiger partial charge in [-0.25, -0.2) is 18.2 Å². The van der Waals surface area contributed by atoms with E-state index >= 15 is 0 Å². The molecule has 1 fully saturated rings. The average molecular weight is 318 g/mol. The van der Waals surface area contributed by atoms with E-state index in [0.717, 1.165) is 0 Å². The number of aromatic nitrogens is 1. The molecule has 1 aromatic heterocycles. The molecule has 0 amide bonds. The summed E-state index contributed by atoms with van der Waals surface area (Å²) in [4.78, 5) is 15.8. The van der Waals surface area contributed by atoms with Gasteiger partial charge in [-0.1, -0.05) is 11.6 Å². The van der Waals surface area contributed by atoms with Gasteiger partial charge in [0.05, 0.1) is 10.8 Å². The summed E-state index contributed by atoms with van der Waals surface area (Å²) in [5.41, 5.74) is -0.568. The summed E-state index contributed by atoms with van der Waals surface area (Å²) >= 11 is 5.81. The van der Waals surface area contributed by atoms with Gasteiger partial charge in [-0.3, -0.25) is 0 Å². The van der Waals surface area contributed by atoms with Gasteiger partial charge in [0.15, 0.2) is 14.9 Å². The molecule has 0 radical (unpaired) electrons. The predicted molar refractivity (Wildman–Crippen MR) is 74.6 cm³/mol. The smallest absolute Gasteiger partial charge is 0.338 e. The van der Waals surface area contributed by atoms with Gasteiger partial charge in [-0.15, -0.1) is 0 Å². The molecule has 0 unspecified atom stereocenters. The Morgan fingerprint density at radius 2 is 1.95 bits per heavy atom. The Balaban J connectivity index is 2.37. The topological polar surface area (TPSA) is 73.3 Å². The number of hydrogen-bond donors (Lipinski definition) is 0. The second-order valence-corrected chi connectivity index (χ2v) is 8.33. The van der Waals surface area contributed by atoms with Gasteiger partial charge in [0.2, 0.25) is 0 Å². The van der Waals surface area contributed by atoms with Gasteiger partial charge >= 0.3 is 5.97 Å². The van der Waals surface area contributed by atoms with E-state index in [1.807, 2.05) is 0 Å². The molecule has 110 valence electrons. The highest BCUT2D eigenvalue weighted by molar-refractivity contribution is 7.92. The molecule has 0 saturated heterocycles. The van der Waals surface area contributed by atoms with Gasteiger partial charge in [0.25, 0.3) is 0 Å². The van der Waals surface area contributed by atoms with Crippen LogP contribution in [0.15, 0.2) is 17.2 Å². The maximum absolute atomic E-state index is 12.1. The van der Waals surface area contributed by atoms with Crippen LogP contribution in [0.1, 0.15) is 44.0 Å². The number of carbonyl (C=O) groups excluding carboxylic acids is 1. The second-order valence-electron chi connectivity index (χ2n) is 5.76. The highest BCUT2D eigenvalue weighted by Crippen LogP contribution is 2.33. The molecular weight excluding hydrogens is 302 g/mol. The molecule has 0 aliphatic heterocycles. The Kier molecular flexibility index (Phi) is 3.81. The number of ether oxygens (including phenoxy) is 1. The zero-order chi connectivity index (χ0) is 15.1. The Morgan fingerprint density at radius 1 is 1.35 bits per heavy atom. The minimum Gasteiger partial charge on any atom is -0.456 e. The minimum absolute atomic E-state index is 0.0346. The molecule has 5 nitrogen and oxygen atoms in total. The number of halogens is 1. The van der Waals surface area contributed by atoms with Crippen molar-refractivity contribution in [3.63, 3.8) is 0 Å². The number of esters is 1. The summed E-state index contributed by atoms with van der Waals surface area (Å²) in [6.45, 7) is 5.20. The lowest BCUT2D eigenvalue weighted by atomic mass is 10.2. The van der Waals surface area contributed by atoms with E-state index in [1.165, 1.54) is 12.1 Å². The van der Waals surface area contributed by atoms with E-state index in [4.69, 9.17) is 16.3 Å². The zero-order valence-corrected chi connectivity index (χ0v) is 13.1. The van der Waals surface area contributed by atoms with Crippen LogP contribution in [0.25, 0.3) is 0 Å². The normalized spacial score (nSPS) is 16.0. The van der Waals surface area contributed by atoms with Crippen LogP contribution in [0.4, 0.5) is 0 Å². The Morgan fingerprint density at radius 3 is 2.45 bits per heavy atom. The number of hydrogen-bond acceptors (Lipinski definition) is 5. The quantitative estimate of drug-likeness (QED) is 0.633. The molecule has 1 aromatic rings. The number of carbonyl (C=O) groups is 1. The summed E-state index contributed by atoms with van der Waals surface area (Å²) < 4.78 is 29.5. The molecule has 1 heterocycles. The highest BCUT2D eigenvalue weighted by Gasteiger charge is 2.38. The molecule has 0 spiro atoms. The first-order valence-corrected chi connectivity index (χ1v) is 8.17. The van der Waals surface area contributed by atoms with Gasteiger partial charge in [0.1, 0.15) is 10.8 Å². The fraction of sp³-hybridized carbons (Fsp3) is 0.538. The largest absolute Gasteiger partial charge is 0.456 e. The average Bonchev–Trinajstić information content (AvgIpc) is 3.09. The fourth-order valence-corrected chi connectivity index (χ4v) is 3.50. The maximum atomic E-state index is 12.1. The van der Waals surface area contributed by atoms with Gasteiger partial charge in [-0.2, -0.15) is 0 Å². The summed E-state index contributed by atoms with van der Waals surface area (Å²) in [5, 5.41) is -0.596. The van der Waals surface area contributed by atoms with Crippen molar-refractivity contribution in [1.29, 1.82) is 0 Å². The molecule has 0 aromatic carbocycles. The third-order valence-corrected chi connectivity index (χ3v) is 4.99. The maximum Gasteiger partial charge on any atom is 0.338 e. The van der Waals surface area contributed by atoms with Crippen molar-refractivity contribution >= 4 is 27.4 Å². The third-order valence-electron chi connectivity index (χ3n) is 2.66. The molecule has 1 aliphatic rings. The zero-order valence-electron chi connectivity index (χ0n) is 11.5. The monoisotopic (exact) mass is 317 g/mol. The van der Waals surface area contributed by atoms with Crippen molar-refractivity contribution in [2.75, 3.05) is 0 Å². The van der Waals surface area contributed by atoms with Crippen LogP contribution >= 0.6 is 11.6 Å².